The van der Waals surface area contributed by atoms with Crippen LogP contribution in [0.4, 0.5) is 0 Å². The van der Waals surface area contributed by atoms with Gasteiger partial charge in [0.1, 0.15) is 6.10 Å². The normalized spacial score (nSPS) is 45.4. The molecule has 7 atom stereocenters. The van der Waals surface area contributed by atoms with Gasteiger partial charge in [0, 0.05) is 5.41 Å². The number of fused-ring (bicyclic) bond motifs is 1. The summed E-state index contributed by atoms with van der Waals surface area (Å²) in [6.07, 6.45) is 2.79. The van der Waals surface area contributed by atoms with Gasteiger partial charge in [-0.15, -0.1) is 0 Å². The number of ether oxygens (including phenoxy) is 1. The molecule has 2 heterocycles. The Morgan fingerprint density at radius 2 is 1.93 bits per heavy atom. The van der Waals surface area contributed by atoms with E-state index in [2.05, 4.69) is 13.8 Å². The van der Waals surface area contributed by atoms with E-state index >= 15 is 0 Å². The van der Waals surface area contributed by atoms with Crippen molar-refractivity contribution >= 4 is 21.9 Å². The van der Waals surface area contributed by atoms with Crippen LogP contribution in [0.3, 0.4) is 0 Å². The standard InChI is InChI=1S/C20H31NO5S/c1-11-8-12(2)18(23)26-16(11)13(3)17(22)21-15-9-14-6-7-20(15,19(14,4)5)10-27(21,24)25/h11-16H,6-10H2,1-5H3/t11-,12+,13-,14-,15-,16+,20-/m1/s1. The quantitative estimate of drug-likeness (QED) is 0.669. The third-order valence-corrected chi connectivity index (χ3v) is 10.4. The fourth-order valence-corrected chi connectivity index (χ4v) is 9.28. The van der Waals surface area contributed by atoms with Crippen molar-refractivity contribution in [1.29, 1.82) is 0 Å². The van der Waals surface area contributed by atoms with Gasteiger partial charge in [-0.25, -0.2) is 12.7 Å². The van der Waals surface area contributed by atoms with Crippen molar-refractivity contribution in [2.45, 2.75) is 72.4 Å². The number of sulfonamides is 1. The zero-order chi connectivity index (χ0) is 19.9. The Morgan fingerprint density at radius 3 is 2.56 bits per heavy atom. The van der Waals surface area contributed by atoms with Crippen molar-refractivity contribution in [3.05, 3.63) is 0 Å². The first kappa shape index (κ1) is 19.2. The van der Waals surface area contributed by atoms with E-state index in [1.54, 1.807) is 6.92 Å². The van der Waals surface area contributed by atoms with Crippen LogP contribution in [0.5, 0.6) is 0 Å². The predicted molar refractivity (Wildman–Crippen MR) is 100.0 cm³/mol. The molecule has 2 aliphatic carbocycles. The van der Waals surface area contributed by atoms with Crippen LogP contribution >= 0.6 is 0 Å². The molecule has 0 aromatic heterocycles. The van der Waals surface area contributed by atoms with Gasteiger partial charge in [-0.3, -0.25) is 9.59 Å². The predicted octanol–water partition coefficient (Wildman–Crippen LogP) is 2.58. The number of rotatable bonds is 2. The number of nitrogens with zero attached hydrogens (tertiary/aromatic N) is 1. The Balaban J connectivity index is 1.63. The van der Waals surface area contributed by atoms with E-state index in [1.807, 2.05) is 13.8 Å². The molecule has 0 unspecified atom stereocenters. The molecule has 27 heavy (non-hydrogen) atoms. The van der Waals surface area contributed by atoms with Gasteiger partial charge in [0.2, 0.25) is 15.9 Å². The molecule has 6 nitrogen and oxygen atoms in total. The van der Waals surface area contributed by atoms with Gasteiger partial charge < -0.3 is 4.74 Å². The Hall–Kier alpha value is -1.11. The summed E-state index contributed by atoms with van der Waals surface area (Å²) in [5.74, 6) is -0.932. The van der Waals surface area contributed by atoms with Crippen LogP contribution in [-0.4, -0.2) is 42.5 Å². The molecule has 0 aromatic carbocycles. The highest BCUT2D eigenvalue weighted by molar-refractivity contribution is 7.90. The largest absolute Gasteiger partial charge is 0.461 e. The minimum Gasteiger partial charge on any atom is -0.461 e. The topological polar surface area (TPSA) is 80.8 Å². The van der Waals surface area contributed by atoms with Gasteiger partial charge in [0.05, 0.1) is 23.6 Å². The number of esters is 1. The molecular weight excluding hydrogens is 366 g/mol. The molecule has 4 aliphatic rings. The van der Waals surface area contributed by atoms with Crippen LogP contribution in [0.2, 0.25) is 0 Å². The van der Waals surface area contributed by atoms with Crippen molar-refractivity contribution in [2.24, 2.45) is 34.5 Å². The van der Waals surface area contributed by atoms with Gasteiger partial charge in [-0.1, -0.05) is 27.7 Å². The Labute approximate surface area is 162 Å². The van der Waals surface area contributed by atoms with Gasteiger partial charge in [0.15, 0.2) is 0 Å². The summed E-state index contributed by atoms with van der Waals surface area (Å²) in [4.78, 5) is 25.4. The average Bonchev–Trinajstić information content (AvgIpc) is 3.04. The molecule has 7 heteroatoms. The fraction of sp³-hybridized carbons (Fsp3) is 0.900. The smallest absolute Gasteiger partial charge is 0.308 e. The zero-order valence-corrected chi connectivity index (χ0v) is 17.7. The van der Waals surface area contributed by atoms with Gasteiger partial charge in [-0.2, -0.15) is 0 Å². The van der Waals surface area contributed by atoms with E-state index in [1.165, 1.54) is 4.31 Å². The molecule has 2 aliphatic heterocycles. The average molecular weight is 398 g/mol. The van der Waals surface area contributed by atoms with Gasteiger partial charge in [0.25, 0.3) is 0 Å². The molecule has 152 valence electrons. The summed E-state index contributed by atoms with van der Waals surface area (Å²) < 4.78 is 32.9. The summed E-state index contributed by atoms with van der Waals surface area (Å²) in [5.41, 5.74) is -0.391. The number of hydrogen-bond acceptors (Lipinski definition) is 5. The second-order valence-electron chi connectivity index (χ2n) is 10.1. The van der Waals surface area contributed by atoms with E-state index in [0.717, 1.165) is 19.3 Å². The monoisotopic (exact) mass is 397 g/mol. The molecule has 2 bridgehead atoms. The van der Waals surface area contributed by atoms with Crippen molar-refractivity contribution in [1.82, 2.24) is 4.31 Å². The van der Waals surface area contributed by atoms with E-state index in [0.29, 0.717) is 12.3 Å². The maximum atomic E-state index is 13.4. The fourth-order valence-electron chi connectivity index (χ4n) is 6.67. The third kappa shape index (κ3) is 2.39. The molecule has 0 radical (unpaired) electrons. The van der Waals surface area contributed by atoms with Crippen LogP contribution in [0.15, 0.2) is 0 Å². The lowest BCUT2D eigenvalue weighted by Crippen LogP contribution is -2.50. The maximum Gasteiger partial charge on any atom is 0.308 e. The number of amides is 1. The lowest BCUT2D eigenvalue weighted by Gasteiger charge is -2.39. The minimum absolute atomic E-state index is 0.0346. The first-order valence-electron chi connectivity index (χ1n) is 10.2. The molecule has 0 aromatic rings. The highest BCUT2D eigenvalue weighted by atomic mass is 32.2. The number of cyclic esters (lactones) is 1. The summed E-state index contributed by atoms with van der Waals surface area (Å²) in [6, 6.07) is -0.236. The molecule has 2 saturated heterocycles. The lowest BCUT2D eigenvalue weighted by molar-refractivity contribution is -0.170. The number of hydrogen-bond donors (Lipinski definition) is 0. The minimum atomic E-state index is -3.64. The van der Waals surface area contributed by atoms with Crippen molar-refractivity contribution in [2.75, 3.05) is 5.75 Å². The van der Waals surface area contributed by atoms with E-state index in [-0.39, 0.29) is 46.3 Å². The number of carbonyl (C=O) groups is 2. The first-order chi connectivity index (χ1) is 12.4. The van der Waals surface area contributed by atoms with Crippen molar-refractivity contribution in [3.8, 4) is 0 Å². The van der Waals surface area contributed by atoms with Crippen LogP contribution in [0.1, 0.15) is 60.3 Å². The van der Waals surface area contributed by atoms with Gasteiger partial charge in [-0.05, 0) is 49.9 Å². The molecular formula is C20H31NO5S. The Morgan fingerprint density at radius 1 is 1.26 bits per heavy atom. The first-order valence-corrected chi connectivity index (χ1v) is 11.8. The zero-order valence-electron chi connectivity index (χ0n) is 16.9. The Kier molecular flexibility index (Phi) is 4.06. The summed E-state index contributed by atoms with van der Waals surface area (Å²) in [6.45, 7) is 9.85. The molecule has 2 saturated carbocycles. The highest BCUT2D eigenvalue weighted by Crippen LogP contribution is 2.70. The molecule has 4 rings (SSSR count). The molecule has 0 N–H and O–H groups in total. The molecule has 4 fully saturated rings. The Bertz CT molecular complexity index is 790. The second-order valence-corrected chi connectivity index (χ2v) is 11.9. The van der Waals surface area contributed by atoms with E-state index in [4.69, 9.17) is 4.74 Å². The van der Waals surface area contributed by atoms with Crippen LogP contribution in [-0.2, 0) is 24.3 Å². The van der Waals surface area contributed by atoms with Gasteiger partial charge >= 0.3 is 5.97 Å². The maximum absolute atomic E-state index is 13.4. The second kappa shape index (κ2) is 5.71. The summed E-state index contributed by atoms with van der Waals surface area (Å²) >= 11 is 0. The van der Waals surface area contributed by atoms with Crippen molar-refractivity contribution < 1.29 is 22.7 Å². The van der Waals surface area contributed by atoms with E-state index in [9.17, 15) is 18.0 Å². The van der Waals surface area contributed by atoms with Crippen LogP contribution < -0.4 is 0 Å². The van der Waals surface area contributed by atoms with Crippen molar-refractivity contribution in [3.63, 3.8) is 0 Å². The van der Waals surface area contributed by atoms with E-state index < -0.39 is 22.0 Å². The summed E-state index contributed by atoms with van der Waals surface area (Å²) in [7, 11) is -3.64. The lowest BCUT2D eigenvalue weighted by atomic mass is 9.69. The SMILES string of the molecule is C[C@@H]1C[C@H](C)C(=O)O[C@@H]1[C@@H](C)C(=O)N1[C@@H]2C[C@H]3CC[C@]2(CS1(=O)=O)C3(C)C. The number of carbonyl (C=O) groups excluding carboxylic acids is 2. The third-order valence-electron chi connectivity index (χ3n) is 8.45. The molecule has 1 amide bonds. The summed E-state index contributed by atoms with van der Waals surface area (Å²) in [5, 5.41) is 0. The van der Waals surface area contributed by atoms with Crippen LogP contribution in [0.25, 0.3) is 0 Å². The highest BCUT2D eigenvalue weighted by Gasteiger charge is 2.72. The molecule has 1 spiro atoms. The van der Waals surface area contributed by atoms with Crippen LogP contribution in [0, 0.1) is 34.5 Å².